The number of Topliss-reactive ketones (excluding diaryl/α,β-unsaturated/α-hetero) is 1. The van der Waals surface area contributed by atoms with Crippen LogP contribution in [-0.2, 0) is 22.5 Å². The van der Waals surface area contributed by atoms with E-state index in [1.54, 1.807) is 36.8 Å². The lowest BCUT2D eigenvalue weighted by Crippen LogP contribution is -2.58. The first-order chi connectivity index (χ1) is 23.1. The van der Waals surface area contributed by atoms with E-state index in [1.165, 1.54) is 0 Å². The van der Waals surface area contributed by atoms with Crippen molar-refractivity contribution < 1.29 is 28.8 Å². The van der Waals surface area contributed by atoms with Gasteiger partial charge in [0.2, 0.25) is 0 Å². The SMILES string of the molecule is O=C(Cc1ccc(Oc2ccnc3cc(OCCCN4CCOCC4)c(CO)cc23)cn1)c1cc(N2CC3(CCOCC3)C2)ccn1. The summed E-state index contributed by atoms with van der Waals surface area (Å²) in [6.07, 6.45) is 8.23. The second-order valence-corrected chi connectivity index (χ2v) is 12.7. The second kappa shape index (κ2) is 14.3. The summed E-state index contributed by atoms with van der Waals surface area (Å²) in [7, 11) is 0. The highest BCUT2D eigenvalue weighted by molar-refractivity contribution is 5.96. The van der Waals surface area contributed by atoms with E-state index >= 15 is 0 Å². The molecule has 0 atom stereocenters. The first-order valence-corrected chi connectivity index (χ1v) is 16.5. The zero-order valence-corrected chi connectivity index (χ0v) is 26.6. The summed E-state index contributed by atoms with van der Waals surface area (Å²) in [5.74, 6) is 1.66. The smallest absolute Gasteiger partial charge is 0.187 e. The number of aliphatic hydroxyl groups is 1. The van der Waals surface area contributed by atoms with Gasteiger partial charge in [0, 0.05) is 92.1 Å². The van der Waals surface area contributed by atoms with Gasteiger partial charge in [0.1, 0.15) is 22.9 Å². The molecule has 0 radical (unpaired) electrons. The fourth-order valence-electron chi connectivity index (χ4n) is 6.63. The maximum atomic E-state index is 13.1. The molecule has 0 unspecified atom stereocenters. The average Bonchev–Trinajstić information content (AvgIpc) is 3.10. The van der Waals surface area contributed by atoms with Crippen molar-refractivity contribution in [2.24, 2.45) is 5.41 Å². The number of fused-ring (bicyclic) bond motifs is 1. The third-order valence-corrected chi connectivity index (χ3v) is 9.40. The molecule has 11 heteroatoms. The number of ketones is 1. The number of ether oxygens (including phenoxy) is 4. The summed E-state index contributed by atoms with van der Waals surface area (Å²) in [4.78, 5) is 31.2. The van der Waals surface area contributed by atoms with Crippen LogP contribution in [0.25, 0.3) is 10.9 Å². The fraction of sp³-hybridized carbons (Fsp3) is 0.444. The van der Waals surface area contributed by atoms with Crippen LogP contribution in [0.1, 0.15) is 41.0 Å². The quantitative estimate of drug-likeness (QED) is 0.175. The highest BCUT2D eigenvalue weighted by atomic mass is 16.5. The Morgan fingerprint density at radius 3 is 2.51 bits per heavy atom. The maximum absolute atomic E-state index is 13.1. The first-order valence-electron chi connectivity index (χ1n) is 16.5. The van der Waals surface area contributed by atoms with Crippen LogP contribution in [0.2, 0.25) is 0 Å². The molecular formula is C36H41N5O6. The summed E-state index contributed by atoms with van der Waals surface area (Å²) >= 11 is 0. The second-order valence-electron chi connectivity index (χ2n) is 12.7. The molecule has 1 aromatic carbocycles. The van der Waals surface area contributed by atoms with Gasteiger partial charge >= 0.3 is 0 Å². The number of hydrogen-bond donors (Lipinski definition) is 1. The van der Waals surface area contributed by atoms with Crippen LogP contribution in [0.5, 0.6) is 17.2 Å². The molecule has 11 nitrogen and oxygen atoms in total. The Morgan fingerprint density at radius 1 is 0.915 bits per heavy atom. The average molecular weight is 640 g/mol. The van der Waals surface area contributed by atoms with Gasteiger partial charge in [-0.1, -0.05) is 0 Å². The van der Waals surface area contributed by atoms with Crippen molar-refractivity contribution >= 4 is 22.4 Å². The molecule has 6 heterocycles. The van der Waals surface area contributed by atoms with Gasteiger partial charge < -0.3 is 29.0 Å². The van der Waals surface area contributed by atoms with Crippen molar-refractivity contribution in [3.05, 3.63) is 78.0 Å². The van der Waals surface area contributed by atoms with E-state index in [0.29, 0.717) is 51.7 Å². The van der Waals surface area contributed by atoms with Gasteiger partial charge in [-0.2, -0.15) is 0 Å². The molecule has 246 valence electrons. The van der Waals surface area contributed by atoms with Gasteiger partial charge in [0.15, 0.2) is 5.78 Å². The Morgan fingerprint density at radius 2 is 1.72 bits per heavy atom. The monoisotopic (exact) mass is 639 g/mol. The van der Waals surface area contributed by atoms with Gasteiger partial charge in [-0.15, -0.1) is 0 Å². The summed E-state index contributed by atoms with van der Waals surface area (Å²) in [5, 5.41) is 10.9. The Labute approximate surface area is 274 Å². The molecule has 0 aliphatic carbocycles. The minimum Gasteiger partial charge on any atom is -0.493 e. The van der Waals surface area contributed by atoms with Crippen molar-refractivity contribution in [3.63, 3.8) is 0 Å². The van der Waals surface area contributed by atoms with Crippen LogP contribution in [0, 0.1) is 5.41 Å². The molecule has 0 saturated carbocycles. The van der Waals surface area contributed by atoms with Crippen LogP contribution in [0.4, 0.5) is 5.69 Å². The fourth-order valence-corrected chi connectivity index (χ4v) is 6.63. The van der Waals surface area contributed by atoms with Crippen molar-refractivity contribution in [3.8, 4) is 17.2 Å². The molecule has 0 amide bonds. The lowest BCUT2D eigenvalue weighted by Gasteiger charge is -2.53. The van der Waals surface area contributed by atoms with Crippen LogP contribution in [0.3, 0.4) is 0 Å². The highest BCUT2D eigenvalue weighted by Gasteiger charge is 2.44. The third-order valence-electron chi connectivity index (χ3n) is 9.40. The van der Waals surface area contributed by atoms with Crippen molar-refractivity contribution in [2.75, 3.05) is 70.7 Å². The number of nitrogens with zero attached hydrogens (tertiary/aromatic N) is 5. The minimum atomic E-state index is -0.167. The molecule has 4 aromatic rings. The topological polar surface area (TPSA) is 119 Å². The zero-order chi connectivity index (χ0) is 32.1. The predicted molar refractivity (Wildman–Crippen MR) is 176 cm³/mol. The molecule has 47 heavy (non-hydrogen) atoms. The summed E-state index contributed by atoms with van der Waals surface area (Å²) < 4.78 is 23.2. The normalized spacial score (nSPS) is 17.9. The number of rotatable bonds is 12. The molecule has 1 spiro atoms. The van der Waals surface area contributed by atoms with Gasteiger partial charge in [-0.25, -0.2) is 0 Å². The van der Waals surface area contributed by atoms with Crippen molar-refractivity contribution in [1.29, 1.82) is 0 Å². The van der Waals surface area contributed by atoms with Gasteiger partial charge in [-0.05, 0) is 55.7 Å². The molecule has 1 N–H and O–H groups in total. The molecular weight excluding hydrogens is 598 g/mol. The van der Waals surface area contributed by atoms with E-state index in [0.717, 1.165) is 89.5 Å². The summed E-state index contributed by atoms with van der Waals surface area (Å²) in [6.45, 7) is 8.44. The van der Waals surface area contributed by atoms with E-state index in [1.807, 2.05) is 24.3 Å². The zero-order valence-electron chi connectivity index (χ0n) is 26.6. The number of carbonyl (C=O) groups excluding carboxylic acids is 1. The molecule has 3 aliphatic rings. The van der Waals surface area contributed by atoms with Crippen LogP contribution in [0.15, 0.2) is 61.1 Å². The molecule has 3 saturated heterocycles. The highest BCUT2D eigenvalue weighted by Crippen LogP contribution is 2.42. The maximum Gasteiger partial charge on any atom is 0.187 e. The lowest BCUT2D eigenvalue weighted by molar-refractivity contribution is -0.000198. The Bertz CT molecular complexity index is 1680. The number of pyridine rings is 3. The van der Waals surface area contributed by atoms with Crippen molar-refractivity contribution in [1.82, 2.24) is 19.9 Å². The number of aromatic nitrogens is 3. The van der Waals surface area contributed by atoms with Gasteiger partial charge in [0.25, 0.3) is 0 Å². The number of morpholine rings is 1. The van der Waals surface area contributed by atoms with E-state index in [-0.39, 0.29) is 18.8 Å². The molecule has 3 fully saturated rings. The van der Waals surface area contributed by atoms with E-state index in [4.69, 9.17) is 18.9 Å². The van der Waals surface area contributed by atoms with Crippen LogP contribution >= 0.6 is 0 Å². The van der Waals surface area contributed by atoms with Crippen LogP contribution < -0.4 is 14.4 Å². The Hall–Kier alpha value is -4.16. The van der Waals surface area contributed by atoms with Gasteiger partial charge in [-0.3, -0.25) is 24.6 Å². The number of carbonyl (C=O) groups is 1. The molecule has 0 bridgehead atoms. The number of aliphatic hydroxyl groups excluding tert-OH is 1. The van der Waals surface area contributed by atoms with Crippen molar-refractivity contribution in [2.45, 2.75) is 32.3 Å². The summed E-state index contributed by atoms with van der Waals surface area (Å²) in [5.41, 5.74) is 3.84. The number of benzene rings is 1. The van der Waals surface area contributed by atoms with E-state index in [2.05, 4.69) is 24.8 Å². The third kappa shape index (κ3) is 7.38. The van der Waals surface area contributed by atoms with E-state index < -0.39 is 0 Å². The standard InChI is InChI=1S/C36H41N5O6/c42-23-26-18-30-31(21-35(26)46-13-1-10-40-11-16-45-17-12-40)37-9-5-34(30)47-29-3-2-27(39-22-29)19-33(43)32-20-28(4-8-38-32)41-24-36(25-41)6-14-44-15-7-36/h2-5,8-9,18,20-22,42H,1,6-7,10-17,19,23-25H2. The van der Waals surface area contributed by atoms with E-state index in [9.17, 15) is 9.90 Å². The first kappa shape index (κ1) is 31.4. The minimum absolute atomic E-state index is 0.0786. The molecule has 3 aliphatic heterocycles. The number of anilines is 1. The lowest BCUT2D eigenvalue weighted by atomic mass is 9.73. The Balaban J connectivity index is 0.961. The number of hydrogen-bond acceptors (Lipinski definition) is 11. The molecule has 3 aromatic heterocycles. The van der Waals surface area contributed by atoms with Crippen LogP contribution in [-0.4, -0.2) is 96.5 Å². The molecule has 7 rings (SSSR count). The largest absolute Gasteiger partial charge is 0.493 e. The van der Waals surface area contributed by atoms with Gasteiger partial charge in [0.05, 0.1) is 44.6 Å². The Kier molecular flexibility index (Phi) is 9.57. The summed E-state index contributed by atoms with van der Waals surface area (Å²) in [6, 6.07) is 13.0. The predicted octanol–water partition coefficient (Wildman–Crippen LogP) is 4.45.